The molecule has 1 aliphatic rings. The average molecular weight is 362 g/mol. The van der Waals surface area contributed by atoms with E-state index in [0.29, 0.717) is 25.3 Å². The number of benzene rings is 1. The molecule has 0 unspecified atom stereocenters. The maximum Gasteiger partial charge on any atom is 0.254 e. The molecule has 1 aliphatic heterocycles. The van der Waals surface area contributed by atoms with Gasteiger partial charge in [0.05, 0.1) is 30.6 Å². The Morgan fingerprint density at radius 2 is 1.85 bits per heavy atom. The van der Waals surface area contributed by atoms with E-state index < -0.39 is 0 Å². The molecule has 4 rings (SSSR count). The fourth-order valence-electron chi connectivity index (χ4n) is 3.70. The molecule has 3 aromatic rings. The Labute approximate surface area is 158 Å². The van der Waals surface area contributed by atoms with E-state index in [9.17, 15) is 4.79 Å². The lowest BCUT2D eigenvalue weighted by molar-refractivity contribution is -0.00304. The van der Waals surface area contributed by atoms with Crippen LogP contribution < -0.4 is 0 Å². The first-order valence-corrected chi connectivity index (χ1v) is 9.07. The van der Waals surface area contributed by atoms with Crippen molar-refractivity contribution in [2.45, 2.75) is 19.9 Å². The monoisotopic (exact) mass is 362 g/mol. The van der Waals surface area contributed by atoms with Crippen LogP contribution in [0, 0.1) is 13.8 Å². The van der Waals surface area contributed by atoms with E-state index >= 15 is 0 Å². The van der Waals surface area contributed by atoms with Gasteiger partial charge in [-0.25, -0.2) is 4.68 Å². The first-order valence-electron chi connectivity index (χ1n) is 9.07. The number of aryl methyl sites for hydroxylation is 1. The van der Waals surface area contributed by atoms with Gasteiger partial charge in [-0.05, 0) is 38.1 Å². The van der Waals surface area contributed by atoms with E-state index in [2.05, 4.69) is 4.98 Å². The molecular formula is C21H22N4O2. The van der Waals surface area contributed by atoms with Crippen LogP contribution in [-0.2, 0) is 4.74 Å². The molecule has 0 bridgehead atoms. The van der Waals surface area contributed by atoms with Crippen LogP contribution in [0.5, 0.6) is 0 Å². The van der Waals surface area contributed by atoms with E-state index in [0.717, 1.165) is 22.6 Å². The molecule has 0 saturated carbocycles. The van der Waals surface area contributed by atoms with Crippen LogP contribution in [0.15, 0.2) is 54.9 Å². The number of amides is 1. The number of nitrogens with zero attached hydrogens (tertiary/aromatic N) is 4. The third-order valence-corrected chi connectivity index (χ3v) is 5.00. The predicted molar refractivity (Wildman–Crippen MR) is 102 cm³/mol. The summed E-state index contributed by atoms with van der Waals surface area (Å²) in [5.74, 6) is -0.00281. The van der Waals surface area contributed by atoms with Gasteiger partial charge < -0.3 is 9.64 Å². The quantitative estimate of drug-likeness (QED) is 0.718. The maximum atomic E-state index is 13.1. The zero-order valence-electron chi connectivity index (χ0n) is 15.5. The highest BCUT2D eigenvalue weighted by molar-refractivity contribution is 5.94. The van der Waals surface area contributed by atoms with Crippen molar-refractivity contribution in [3.63, 3.8) is 0 Å². The number of para-hydroxylation sites is 1. The summed E-state index contributed by atoms with van der Waals surface area (Å²) in [6.45, 7) is 5.61. The Hall–Kier alpha value is -2.99. The van der Waals surface area contributed by atoms with Gasteiger partial charge in [0.15, 0.2) is 0 Å². The van der Waals surface area contributed by atoms with Gasteiger partial charge in [-0.15, -0.1) is 0 Å². The number of hydrogen-bond donors (Lipinski definition) is 0. The van der Waals surface area contributed by atoms with E-state index in [4.69, 9.17) is 9.84 Å². The van der Waals surface area contributed by atoms with Crippen LogP contribution in [-0.4, -0.2) is 45.3 Å². The Morgan fingerprint density at radius 1 is 1.11 bits per heavy atom. The molecule has 3 heterocycles. The third-order valence-electron chi connectivity index (χ3n) is 5.00. The van der Waals surface area contributed by atoms with Gasteiger partial charge in [-0.3, -0.25) is 9.78 Å². The lowest BCUT2D eigenvalue weighted by atomic mass is 10.0. The summed E-state index contributed by atoms with van der Waals surface area (Å²) in [4.78, 5) is 19.0. The van der Waals surface area contributed by atoms with Crippen LogP contribution in [0.1, 0.15) is 33.4 Å². The molecule has 0 aliphatic carbocycles. The number of hydrogen-bond acceptors (Lipinski definition) is 4. The van der Waals surface area contributed by atoms with Gasteiger partial charge in [0.25, 0.3) is 5.91 Å². The fourth-order valence-corrected chi connectivity index (χ4v) is 3.70. The Bertz CT molecular complexity index is 938. The predicted octanol–water partition coefficient (Wildman–Crippen LogP) is 3.10. The normalized spacial score (nSPS) is 17.1. The van der Waals surface area contributed by atoms with E-state index in [1.165, 1.54) is 0 Å². The number of morpholine rings is 1. The van der Waals surface area contributed by atoms with Crippen molar-refractivity contribution < 1.29 is 9.53 Å². The van der Waals surface area contributed by atoms with Gasteiger partial charge >= 0.3 is 0 Å². The van der Waals surface area contributed by atoms with Crippen molar-refractivity contribution in [3.8, 4) is 5.69 Å². The molecule has 0 radical (unpaired) electrons. The average Bonchev–Trinajstić information content (AvgIpc) is 3.03. The summed E-state index contributed by atoms with van der Waals surface area (Å²) in [7, 11) is 0. The van der Waals surface area contributed by atoms with Gasteiger partial charge in [-0.2, -0.15) is 5.10 Å². The van der Waals surface area contributed by atoms with Crippen molar-refractivity contribution in [1.82, 2.24) is 19.7 Å². The molecule has 0 N–H and O–H groups in total. The second-order valence-electron chi connectivity index (χ2n) is 6.66. The molecule has 27 heavy (non-hydrogen) atoms. The number of aromatic nitrogens is 3. The molecule has 1 saturated heterocycles. The molecule has 1 aromatic carbocycles. The van der Waals surface area contributed by atoms with Crippen molar-refractivity contribution in [1.29, 1.82) is 0 Å². The highest BCUT2D eigenvalue weighted by atomic mass is 16.5. The maximum absolute atomic E-state index is 13.1. The molecular weight excluding hydrogens is 340 g/mol. The van der Waals surface area contributed by atoms with E-state index in [1.54, 1.807) is 24.5 Å². The second kappa shape index (κ2) is 7.32. The van der Waals surface area contributed by atoms with Gasteiger partial charge in [0.2, 0.25) is 0 Å². The molecule has 1 fully saturated rings. The summed E-state index contributed by atoms with van der Waals surface area (Å²) in [6.07, 6.45) is 3.29. The third kappa shape index (κ3) is 3.24. The summed E-state index contributed by atoms with van der Waals surface area (Å²) < 4.78 is 7.67. The summed E-state index contributed by atoms with van der Waals surface area (Å²) in [6, 6.07) is 13.4. The fraction of sp³-hybridized carbons (Fsp3) is 0.286. The summed E-state index contributed by atoms with van der Waals surface area (Å²) >= 11 is 0. The van der Waals surface area contributed by atoms with Gasteiger partial charge in [0.1, 0.15) is 0 Å². The zero-order valence-corrected chi connectivity index (χ0v) is 15.5. The standard InChI is InChI=1S/C21H22N4O2/c1-15-20(16(2)25(23-15)18-6-4-3-5-7-18)19-14-27-13-12-24(19)21(26)17-8-10-22-11-9-17/h3-11,19H,12-14H2,1-2H3/t19-/m1/s1. The first-order chi connectivity index (χ1) is 13.2. The van der Waals surface area contributed by atoms with Crippen molar-refractivity contribution in [2.24, 2.45) is 0 Å². The summed E-state index contributed by atoms with van der Waals surface area (Å²) in [5, 5.41) is 4.74. The number of carbonyl (C=O) groups is 1. The van der Waals surface area contributed by atoms with E-state index in [1.807, 2.05) is 53.8 Å². The number of pyridine rings is 1. The first kappa shape index (κ1) is 17.4. The molecule has 0 spiro atoms. The molecule has 6 heteroatoms. The lowest BCUT2D eigenvalue weighted by Crippen LogP contribution is -2.43. The second-order valence-corrected chi connectivity index (χ2v) is 6.66. The number of rotatable bonds is 3. The highest BCUT2D eigenvalue weighted by Crippen LogP contribution is 2.31. The Kier molecular flexibility index (Phi) is 4.73. The van der Waals surface area contributed by atoms with Crippen molar-refractivity contribution in [2.75, 3.05) is 19.8 Å². The van der Waals surface area contributed by atoms with Crippen LogP contribution in [0.25, 0.3) is 5.69 Å². The van der Waals surface area contributed by atoms with Gasteiger partial charge in [0, 0.05) is 35.8 Å². The number of carbonyl (C=O) groups excluding carboxylic acids is 1. The minimum atomic E-state index is -0.156. The zero-order chi connectivity index (χ0) is 18.8. The summed E-state index contributed by atoms with van der Waals surface area (Å²) in [5.41, 5.74) is 4.65. The van der Waals surface area contributed by atoms with Crippen LogP contribution in [0.3, 0.4) is 0 Å². The van der Waals surface area contributed by atoms with Crippen LogP contribution in [0.2, 0.25) is 0 Å². The van der Waals surface area contributed by atoms with Crippen molar-refractivity contribution >= 4 is 5.91 Å². The molecule has 6 nitrogen and oxygen atoms in total. The Morgan fingerprint density at radius 3 is 2.59 bits per heavy atom. The lowest BCUT2D eigenvalue weighted by Gasteiger charge is -2.36. The molecule has 1 atom stereocenters. The van der Waals surface area contributed by atoms with Crippen LogP contribution >= 0.6 is 0 Å². The van der Waals surface area contributed by atoms with E-state index in [-0.39, 0.29) is 11.9 Å². The highest BCUT2D eigenvalue weighted by Gasteiger charge is 2.33. The topological polar surface area (TPSA) is 60.2 Å². The molecule has 1 amide bonds. The van der Waals surface area contributed by atoms with Crippen molar-refractivity contribution in [3.05, 3.63) is 77.4 Å². The smallest absolute Gasteiger partial charge is 0.254 e. The minimum Gasteiger partial charge on any atom is -0.377 e. The largest absolute Gasteiger partial charge is 0.377 e. The minimum absolute atomic E-state index is 0.00281. The SMILES string of the molecule is Cc1nn(-c2ccccc2)c(C)c1[C@H]1COCCN1C(=O)c1ccncc1. The molecule has 138 valence electrons. The van der Waals surface area contributed by atoms with Gasteiger partial charge in [-0.1, -0.05) is 18.2 Å². The Balaban J connectivity index is 1.73. The number of ether oxygens (including phenoxy) is 1. The molecule has 2 aromatic heterocycles. The van der Waals surface area contributed by atoms with Crippen LogP contribution in [0.4, 0.5) is 0 Å².